The van der Waals surface area contributed by atoms with Crippen molar-refractivity contribution in [2.75, 3.05) is 12.8 Å². The highest BCUT2D eigenvalue weighted by molar-refractivity contribution is 7.11. The lowest BCUT2D eigenvalue weighted by Gasteiger charge is -2.15. The molecule has 0 fully saturated rings. The van der Waals surface area contributed by atoms with E-state index in [1.165, 1.54) is 4.68 Å². The van der Waals surface area contributed by atoms with Crippen molar-refractivity contribution >= 4 is 23.1 Å². The predicted molar refractivity (Wildman–Crippen MR) is 70.0 cm³/mol. The summed E-state index contributed by atoms with van der Waals surface area (Å²) >= 11 is 1.60. The van der Waals surface area contributed by atoms with E-state index in [-0.39, 0.29) is 12.5 Å². The Kier molecular flexibility index (Phi) is 3.61. The molecule has 1 amide bonds. The molecule has 0 spiro atoms. The van der Waals surface area contributed by atoms with Gasteiger partial charge in [-0.05, 0) is 13.0 Å². The molecule has 2 N–H and O–H groups in total. The summed E-state index contributed by atoms with van der Waals surface area (Å²) in [5.41, 5.74) is 5.49. The van der Waals surface area contributed by atoms with Crippen LogP contribution in [0, 0.1) is 6.92 Å². The number of carbonyl (C=O) groups is 1. The average molecular weight is 265 g/mol. The van der Waals surface area contributed by atoms with E-state index in [0.717, 1.165) is 9.88 Å². The van der Waals surface area contributed by atoms with Crippen LogP contribution in [0.3, 0.4) is 0 Å². The van der Waals surface area contributed by atoms with Crippen molar-refractivity contribution in [3.05, 3.63) is 28.3 Å². The molecule has 2 rings (SSSR count). The average Bonchev–Trinajstić information content (AvgIpc) is 2.88. The first kappa shape index (κ1) is 12.6. The third-order valence-corrected chi connectivity index (χ3v) is 3.34. The molecule has 0 aliphatic rings. The standard InChI is InChI=1S/C11H15N5OS/c1-8-13-5-9(18-8)6-15(2)11(17)7-16-4-3-10(12)14-16/h3-5H,6-7H2,1-2H3,(H2,12,14). The summed E-state index contributed by atoms with van der Waals surface area (Å²) in [5, 5.41) is 4.99. The molecule has 7 heteroatoms. The number of aryl methyl sites for hydroxylation is 1. The minimum atomic E-state index is -0.0100. The van der Waals surface area contributed by atoms with Crippen molar-refractivity contribution in [1.29, 1.82) is 0 Å². The lowest BCUT2D eigenvalue weighted by molar-refractivity contribution is -0.131. The molecule has 18 heavy (non-hydrogen) atoms. The smallest absolute Gasteiger partial charge is 0.244 e. The molecule has 0 atom stereocenters. The monoisotopic (exact) mass is 265 g/mol. The summed E-state index contributed by atoms with van der Waals surface area (Å²) in [6, 6.07) is 1.67. The Hall–Kier alpha value is -1.89. The molecular formula is C11H15N5OS. The highest BCUT2D eigenvalue weighted by Crippen LogP contribution is 2.13. The third kappa shape index (κ3) is 3.07. The van der Waals surface area contributed by atoms with Crippen LogP contribution in [0.15, 0.2) is 18.5 Å². The number of nitrogen functional groups attached to an aromatic ring is 1. The van der Waals surface area contributed by atoms with Gasteiger partial charge in [-0.1, -0.05) is 0 Å². The Labute approximate surface area is 109 Å². The number of carbonyl (C=O) groups excluding carboxylic acids is 1. The van der Waals surface area contributed by atoms with Gasteiger partial charge in [-0.15, -0.1) is 11.3 Å². The van der Waals surface area contributed by atoms with E-state index in [9.17, 15) is 4.79 Å². The van der Waals surface area contributed by atoms with Crippen LogP contribution in [0.2, 0.25) is 0 Å². The van der Waals surface area contributed by atoms with Crippen molar-refractivity contribution in [1.82, 2.24) is 19.7 Å². The number of aromatic nitrogens is 3. The van der Waals surface area contributed by atoms with Gasteiger partial charge in [-0.2, -0.15) is 5.10 Å². The molecule has 0 unspecified atom stereocenters. The van der Waals surface area contributed by atoms with Crippen LogP contribution in [0.5, 0.6) is 0 Å². The molecule has 0 saturated heterocycles. The molecule has 2 aromatic heterocycles. The van der Waals surface area contributed by atoms with E-state index in [1.54, 1.807) is 41.7 Å². The zero-order valence-corrected chi connectivity index (χ0v) is 11.1. The fourth-order valence-electron chi connectivity index (χ4n) is 1.53. The number of rotatable bonds is 4. The molecule has 0 radical (unpaired) electrons. The number of hydrogen-bond acceptors (Lipinski definition) is 5. The Balaban J connectivity index is 1.92. The summed E-state index contributed by atoms with van der Waals surface area (Å²) in [6.45, 7) is 2.72. The summed E-state index contributed by atoms with van der Waals surface area (Å²) in [4.78, 5) is 18.8. The molecule has 0 aromatic carbocycles. The van der Waals surface area contributed by atoms with Gasteiger partial charge < -0.3 is 10.6 Å². The predicted octanol–water partition coefficient (Wildman–Crippen LogP) is 0.889. The molecule has 0 aliphatic carbocycles. The van der Waals surface area contributed by atoms with Gasteiger partial charge in [0.2, 0.25) is 5.91 Å². The van der Waals surface area contributed by atoms with Crippen molar-refractivity contribution in [2.45, 2.75) is 20.0 Å². The van der Waals surface area contributed by atoms with Gasteiger partial charge >= 0.3 is 0 Å². The second-order valence-electron chi connectivity index (χ2n) is 4.03. The summed E-state index contributed by atoms with van der Waals surface area (Å²) in [7, 11) is 1.77. The van der Waals surface area contributed by atoms with Crippen LogP contribution in [0.4, 0.5) is 5.82 Å². The third-order valence-electron chi connectivity index (χ3n) is 2.45. The second kappa shape index (κ2) is 5.18. The van der Waals surface area contributed by atoms with E-state index in [1.807, 2.05) is 6.92 Å². The van der Waals surface area contributed by atoms with Crippen molar-refractivity contribution in [3.8, 4) is 0 Å². The zero-order valence-electron chi connectivity index (χ0n) is 10.3. The Bertz CT molecular complexity index is 547. The lowest BCUT2D eigenvalue weighted by atomic mass is 10.4. The number of anilines is 1. The summed E-state index contributed by atoms with van der Waals surface area (Å²) in [6.07, 6.45) is 3.49. The van der Waals surface area contributed by atoms with Crippen molar-refractivity contribution < 1.29 is 4.79 Å². The Morgan fingerprint density at radius 2 is 2.39 bits per heavy atom. The van der Waals surface area contributed by atoms with Crippen LogP contribution >= 0.6 is 11.3 Å². The topological polar surface area (TPSA) is 77.0 Å². The Morgan fingerprint density at radius 1 is 1.61 bits per heavy atom. The van der Waals surface area contributed by atoms with Crippen LogP contribution in [-0.4, -0.2) is 32.6 Å². The van der Waals surface area contributed by atoms with Crippen LogP contribution in [0.25, 0.3) is 0 Å². The van der Waals surface area contributed by atoms with Crippen LogP contribution < -0.4 is 5.73 Å². The number of thiazole rings is 1. The summed E-state index contributed by atoms with van der Waals surface area (Å²) in [5.74, 6) is 0.410. The quantitative estimate of drug-likeness (QED) is 0.890. The van der Waals surface area contributed by atoms with E-state index >= 15 is 0 Å². The first-order chi connectivity index (χ1) is 8.54. The van der Waals surface area contributed by atoms with E-state index in [0.29, 0.717) is 12.4 Å². The van der Waals surface area contributed by atoms with E-state index < -0.39 is 0 Å². The maximum absolute atomic E-state index is 11.9. The number of hydrogen-bond donors (Lipinski definition) is 1. The van der Waals surface area contributed by atoms with Gasteiger partial charge in [0, 0.05) is 24.3 Å². The number of likely N-dealkylation sites (N-methyl/N-ethyl adjacent to an activating group) is 1. The fourth-order valence-corrected chi connectivity index (χ4v) is 2.37. The Morgan fingerprint density at radius 3 is 2.94 bits per heavy atom. The molecule has 6 nitrogen and oxygen atoms in total. The molecule has 2 heterocycles. The fraction of sp³-hybridized carbons (Fsp3) is 0.364. The first-order valence-corrected chi connectivity index (χ1v) is 6.30. The van der Waals surface area contributed by atoms with Gasteiger partial charge in [0.1, 0.15) is 12.4 Å². The SMILES string of the molecule is Cc1ncc(CN(C)C(=O)Cn2ccc(N)n2)s1. The normalized spacial score (nSPS) is 10.6. The van der Waals surface area contributed by atoms with Crippen LogP contribution in [-0.2, 0) is 17.9 Å². The number of nitrogens with zero attached hydrogens (tertiary/aromatic N) is 4. The number of nitrogens with two attached hydrogens (primary N) is 1. The van der Waals surface area contributed by atoms with E-state index in [4.69, 9.17) is 5.73 Å². The van der Waals surface area contributed by atoms with Crippen molar-refractivity contribution in [3.63, 3.8) is 0 Å². The largest absolute Gasteiger partial charge is 0.382 e. The second-order valence-corrected chi connectivity index (χ2v) is 5.35. The number of amides is 1. The van der Waals surface area contributed by atoms with E-state index in [2.05, 4.69) is 10.1 Å². The maximum Gasteiger partial charge on any atom is 0.244 e. The molecule has 96 valence electrons. The maximum atomic E-state index is 11.9. The minimum absolute atomic E-state index is 0.0100. The van der Waals surface area contributed by atoms with Gasteiger partial charge in [0.25, 0.3) is 0 Å². The zero-order chi connectivity index (χ0) is 13.1. The molecule has 0 saturated carbocycles. The highest BCUT2D eigenvalue weighted by atomic mass is 32.1. The minimum Gasteiger partial charge on any atom is -0.382 e. The molecule has 0 bridgehead atoms. The van der Waals surface area contributed by atoms with Gasteiger partial charge in [0.15, 0.2) is 0 Å². The lowest BCUT2D eigenvalue weighted by Crippen LogP contribution is -2.29. The molecule has 2 aromatic rings. The van der Waals surface area contributed by atoms with Crippen molar-refractivity contribution in [2.24, 2.45) is 0 Å². The van der Waals surface area contributed by atoms with Gasteiger partial charge in [0.05, 0.1) is 11.6 Å². The first-order valence-electron chi connectivity index (χ1n) is 5.49. The van der Waals surface area contributed by atoms with Gasteiger partial charge in [-0.3, -0.25) is 9.48 Å². The van der Waals surface area contributed by atoms with Gasteiger partial charge in [-0.25, -0.2) is 4.98 Å². The molecular weight excluding hydrogens is 250 g/mol. The van der Waals surface area contributed by atoms with Crippen LogP contribution in [0.1, 0.15) is 9.88 Å². The highest BCUT2D eigenvalue weighted by Gasteiger charge is 2.11. The molecule has 0 aliphatic heterocycles. The summed E-state index contributed by atoms with van der Waals surface area (Å²) < 4.78 is 1.53.